The molecular formula is C22H42N2O9S. The van der Waals surface area contributed by atoms with E-state index in [1.807, 2.05) is 0 Å². The third-order valence-corrected chi connectivity index (χ3v) is 5.07. The van der Waals surface area contributed by atoms with Crippen LogP contribution in [0.1, 0.15) is 71.1 Å². The van der Waals surface area contributed by atoms with E-state index in [2.05, 4.69) is 11.1 Å². The molecule has 11 nitrogen and oxygen atoms in total. The molecule has 0 heterocycles. The molecule has 0 aliphatic heterocycles. The smallest absolute Gasteiger partial charge is 0.331 e. The number of ether oxygens (including phenoxy) is 1. The average Bonchev–Trinajstić information content (AvgIpc) is 2.69. The van der Waals surface area contributed by atoms with Crippen LogP contribution in [0, 0.1) is 0 Å². The number of hydrogen-bond donors (Lipinski definition) is 2. The Bertz CT molecular complexity index is 707. The van der Waals surface area contributed by atoms with Gasteiger partial charge in [-0.15, -0.1) is 0 Å². The lowest BCUT2D eigenvalue weighted by atomic mass is 10.1. The van der Waals surface area contributed by atoms with Gasteiger partial charge in [-0.25, -0.2) is 18.0 Å². The molecule has 0 aromatic carbocycles. The van der Waals surface area contributed by atoms with Gasteiger partial charge in [0.2, 0.25) is 10.4 Å². The highest BCUT2D eigenvalue weighted by molar-refractivity contribution is 7.80. The minimum absolute atomic E-state index is 0.0301. The van der Waals surface area contributed by atoms with Gasteiger partial charge in [-0.2, -0.15) is 0 Å². The van der Waals surface area contributed by atoms with Crippen LogP contribution in [0.3, 0.4) is 0 Å². The Balaban J connectivity index is 0. The Kier molecular flexibility index (Phi) is 20.5. The SMILES string of the molecule is CCCCCCCCCCCCOS(=O)(=O)[O-].C[N+](C)(CCOC(=O)/C=C/C(=O)O)CC(N)=O. The molecule has 0 aliphatic carbocycles. The number of rotatable bonds is 19. The van der Waals surface area contributed by atoms with Crippen LogP contribution in [0.25, 0.3) is 0 Å². The highest BCUT2D eigenvalue weighted by Gasteiger charge is 2.18. The van der Waals surface area contributed by atoms with Crippen molar-refractivity contribution in [3.8, 4) is 0 Å². The first-order valence-electron chi connectivity index (χ1n) is 11.6. The van der Waals surface area contributed by atoms with Gasteiger partial charge in [-0.3, -0.25) is 8.98 Å². The number of carboxylic acids is 1. The molecule has 0 saturated carbocycles. The fourth-order valence-corrected chi connectivity index (χ4v) is 3.15. The number of likely N-dealkylation sites (N-methyl/N-ethyl adjacent to an activating group) is 1. The van der Waals surface area contributed by atoms with Gasteiger partial charge in [0, 0.05) is 12.2 Å². The third-order valence-electron chi connectivity index (χ3n) is 4.61. The van der Waals surface area contributed by atoms with Gasteiger partial charge in [0.15, 0.2) is 6.54 Å². The Morgan fingerprint density at radius 1 is 0.912 bits per heavy atom. The van der Waals surface area contributed by atoms with Crippen molar-refractivity contribution in [3.63, 3.8) is 0 Å². The Labute approximate surface area is 203 Å². The molecule has 0 atom stereocenters. The molecule has 0 rings (SSSR count). The number of carbonyl (C=O) groups is 3. The fraction of sp³-hybridized carbons (Fsp3) is 0.773. The number of nitrogens with zero attached hydrogens (tertiary/aromatic N) is 1. The maximum absolute atomic E-state index is 11.0. The molecule has 0 radical (unpaired) electrons. The lowest BCUT2D eigenvalue weighted by Crippen LogP contribution is -2.48. The molecule has 34 heavy (non-hydrogen) atoms. The van der Waals surface area contributed by atoms with E-state index in [0.717, 1.165) is 18.9 Å². The second kappa shape index (κ2) is 20.4. The van der Waals surface area contributed by atoms with Crippen molar-refractivity contribution in [2.75, 3.05) is 40.4 Å². The van der Waals surface area contributed by atoms with Gasteiger partial charge in [-0.1, -0.05) is 64.7 Å². The Hall–Kier alpha value is -2.02. The zero-order valence-corrected chi connectivity index (χ0v) is 21.5. The minimum atomic E-state index is -4.48. The summed E-state index contributed by atoms with van der Waals surface area (Å²) in [5.74, 6) is -2.38. The van der Waals surface area contributed by atoms with Gasteiger partial charge >= 0.3 is 11.9 Å². The summed E-state index contributed by atoms with van der Waals surface area (Å²) in [7, 11) is -0.945. The van der Waals surface area contributed by atoms with Crippen molar-refractivity contribution in [3.05, 3.63) is 12.2 Å². The topological polar surface area (TPSA) is 173 Å². The molecule has 0 fully saturated rings. The van der Waals surface area contributed by atoms with E-state index in [9.17, 15) is 27.4 Å². The average molecular weight is 511 g/mol. The molecule has 0 bridgehead atoms. The van der Waals surface area contributed by atoms with Crippen LogP contribution in [-0.4, -0.2) is 80.8 Å². The number of hydrogen-bond acceptors (Lipinski definition) is 8. The standard InChI is InChI=1S/C12H26O4S.C10H16N2O5/c1-2-3-4-5-6-7-8-9-10-11-12-16-17(13,14)15;1-12(2,7-8(11)13)5-6-17-10(16)4-3-9(14)15/h2-12H2,1H3,(H,13,14,15);3-4H,5-7H2,1-2H3,(H2-,11,13,14,15)/b;4-3+. The second-order valence-electron chi connectivity index (χ2n) is 8.54. The summed E-state index contributed by atoms with van der Waals surface area (Å²) >= 11 is 0. The van der Waals surface area contributed by atoms with E-state index in [1.54, 1.807) is 14.1 Å². The van der Waals surface area contributed by atoms with E-state index in [1.165, 1.54) is 44.9 Å². The number of amides is 1. The summed E-state index contributed by atoms with van der Waals surface area (Å²) in [4.78, 5) is 31.8. The van der Waals surface area contributed by atoms with Crippen LogP contribution in [0.5, 0.6) is 0 Å². The van der Waals surface area contributed by atoms with E-state index in [0.29, 0.717) is 23.5 Å². The zero-order chi connectivity index (χ0) is 26.5. The number of carbonyl (C=O) groups excluding carboxylic acids is 2. The molecule has 1 amide bonds. The van der Waals surface area contributed by atoms with Crippen molar-refractivity contribution < 1.29 is 45.9 Å². The summed E-state index contributed by atoms with van der Waals surface area (Å²) < 4.78 is 39.5. The molecule has 0 aliphatic rings. The largest absolute Gasteiger partial charge is 0.726 e. The van der Waals surface area contributed by atoms with Crippen LogP contribution in [0.15, 0.2) is 12.2 Å². The number of quaternary nitrogens is 1. The van der Waals surface area contributed by atoms with Gasteiger partial charge < -0.3 is 24.6 Å². The van der Waals surface area contributed by atoms with Crippen LogP contribution < -0.4 is 5.73 Å². The summed E-state index contributed by atoms with van der Waals surface area (Å²) in [6, 6.07) is 0. The molecule has 3 N–H and O–H groups in total. The fourth-order valence-electron chi connectivity index (χ4n) is 2.83. The predicted molar refractivity (Wildman–Crippen MR) is 126 cm³/mol. The molecule has 0 spiro atoms. The number of aliphatic carboxylic acids is 1. The van der Waals surface area contributed by atoms with Gasteiger partial charge in [0.05, 0.1) is 20.7 Å². The molecular weight excluding hydrogens is 468 g/mol. The minimum Gasteiger partial charge on any atom is -0.726 e. The lowest BCUT2D eigenvalue weighted by Gasteiger charge is -2.27. The molecule has 0 saturated heterocycles. The van der Waals surface area contributed by atoms with E-state index in [4.69, 9.17) is 15.6 Å². The van der Waals surface area contributed by atoms with Gasteiger partial charge in [0.25, 0.3) is 5.91 Å². The van der Waals surface area contributed by atoms with Crippen molar-refractivity contribution in [1.82, 2.24) is 0 Å². The molecule has 0 aromatic heterocycles. The highest BCUT2D eigenvalue weighted by atomic mass is 32.3. The van der Waals surface area contributed by atoms with E-state index < -0.39 is 28.2 Å². The molecule has 200 valence electrons. The maximum Gasteiger partial charge on any atom is 0.331 e. The number of esters is 1. The van der Waals surface area contributed by atoms with Crippen molar-refractivity contribution in [1.29, 1.82) is 0 Å². The summed E-state index contributed by atoms with van der Waals surface area (Å²) in [5, 5.41) is 8.27. The van der Waals surface area contributed by atoms with Crippen LogP contribution in [0.4, 0.5) is 0 Å². The number of primary amides is 1. The number of unbranched alkanes of at least 4 members (excludes halogenated alkanes) is 9. The summed E-state index contributed by atoms with van der Waals surface area (Å²) in [6.07, 6.45) is 13.2. The first-order chi connectivity index (χ1) is 15.8. The second-order valence-corrected chi connectivity index (χ2v) is 9.59. The van der Waals surface area contributed by atoms with E-state index >= 15 is 0 Å². The lowest BCUT2D eigenvalue weighted by molar-refractivity contribution is -0.882. The van der Waals surface area contributed by atoms with Crippen molar-refractivity contribution >= 4 is 28.2 Å². The third kappa shape index (κ3) is 30.0. The molecule has 0 aromatic rings. The van der Waals surface area contributed by atoms with E-state index in [-0.39, 0.29) is 19.8 Å². The van der Waals surface area contributed by atoms with Crippen molar-refractivity contribution in [2.24, 2.45) is 5.73 Å². The zero-order valence-electron chi connectivity index (χ0n) is 20.7. The quantitative estimate of drug-likeness (QED) is 0.0658. The number of nitrogens with two attached hydrogens (primary N) is 1. The maximum atomic E-state index is 11.0. The van der Waals surface area contributed by atoms with Crippen LogP contribution >= 0.6 is 0 Å². The first-order valence-corrected chi connectivity index (χ1v) is 12.9. The number of carboxylic acid groups (broad SMARTS) is 1. The summed E-state index contributed by atoms with van der Waals surface area (Å²) in [6.45, 7) is 2.88. The normalized spacial score (nSPS) is 11.6. The van der Waals surface area contributed by atoms with Crippen LogP contribution in [0.2, 0.25) is 0 Å². The Morgan fingerprint density at radius 3 is 1.85 bits per heavy atom. The van der Waals surface area contributed by atoms with Crippen LogP contribution in [-0.2, 0) is 33.7 Å². The van der Waals surface area contributed by atoms with Crippen molar-refractivity contribution in [2.45, 2.75) is 71.1 Å². The van der Waals surface area contributed by atoms with Gasteiger partial charge in [0.1, 0.15) is 13.2 Å². The van der Waals surface area contributed by atoms with Gasteiger partial charge in [-0.05, 0) is 6.42 Å². The molecule has 12 heteroatoms. The predicted octanol–water partition coefficient (Wildman–Crippen LogP) is 2.12. The Morgan fingerprint density at radius 2 is 1.41 bits per heavy atom. The monoisotopic (exact) mass is 510 g/mol. The first kappa shape index (κ1) is 34.1. The molecule has 0 unspecified atom stereocenters. The highest BCUT2D eigenvalue weighted by Crippen LogP contribution is 2.10. The summed E-state index contributed by atoms with van der Waals surface area (Å²) in [5.41, 5.74) is 5.05.